The van der Waals surface area contributed by atoms with Gasteiger partial charge in [-0.15, -0.1) is 0 Å². The van der Waals surface area contributed by atoms with E-state index in [2.05, 4.69) is 71.8 Å². The van der Waals surface area contributed by atoms with Crippen molar-refractivity contribution in [3.63, 3.8) is 0 Å². The van der Waals surface area contributed by atoms with Crippen molar-refractivity contribution < 1.29 is 71.0 Å². The molecule has 2 aliphatic heterocycles. The minimum atomic E-state index is -5.44. The number of carbonyl (C=O) groups is 2. The maximum atomic E-state index is 12.9. The van der Waals surface area contributed by atoms with E-state index >= 15 is 0 Å². The van der Waals surface area contributed by atoms with Crippen LogP contribution in [0.5, 0.6) is 0 Å². The smallest absolute Gasteiger partial charge is 0.462 e. The van der Waals surface area contributed by atoms with Crippen LogP contribution in [0.3, 0.4) is 0 Å². The van der Waals surface area contributed by atoms with Gasteiger partial charge in [-0.3, -0.25) is 23.2 Å². The van der Waals surface area contributed by atoms with Gasteiger partial charge in [0.1, 0.15) is 30.7 Å². The van der Waals surface area contributed by atoms with Crippen LogP contribution in [-0.4, -0.2) is 97.9 Å². The molecular weight excluding hydrogens is 985 g/mol. The molecule has 21 heteroatoms. The Hall–Kier alpha value is -3.58. The highest BCUT2D eigenvalue weighted by molar-refractivity contribution is 7.61. The zero-order valence-electron chi connectivity index (χ0n) is 43.1. The summed E-state index contributed by atoms with van der Waals surface area (Å²) in [5.74, 6) is -1.38. The van der Waals surface area contributed by atoms with Gasteiger partial charge in [0.05, 0.1) is 25.4 Å². The fraction of sp³-hybridized carbons (Fsp3) is 0.692. The van der Waals surface area contributed by atoms with E-state index in [-0.39, 0.29) is 30.9 Å². The van der Waals surface area contributed by atoms with Crippen LogP contribution < -0.4 is 11.4 Å². The second-order valence-corrected chi connectivity index (χ2v) is 21.4. The van der Waals surface area contributed by atoms with E-state index in [9.17, 15) is 43.5 Å². The van der Waals surface area contributed by atoms with Crippen molar-refractivity contribution in [3.8, 4) is 0 Å². The fourth-order valence-electron chi connectivity index (χ4n) is 7.73. The van der Waals surface area contributed by atoms with Crippen LogP contribution in [0.1, 0.15) is 174 Å². The number of hydrogen-bond donors (Lipinski definition) is 5. The average Bonchev–Trinajstić information content (AvgIpc) is 4.04. The van der Waals surface area contributed by atoms with E-state index in [1.807, 2.05) is 12.2 Å². The molecule has 1 aromatic rings. The van der Waals surface area contributed by atoms with E-state index in [4.69, 9.17) is 33.7 Å². The Bertz CT molecular complexity index is 2030. The van der Waals surface area contributed by atoms with Gasteiger partial charge in [0.2, 0.25) is 0 Å². The number of nitrogens with zero attached hydrogens (tertiary/aromatic N) is 2. The summed E-state index contributed by atoms with van der Waals surface area (Å²) in [7, 11) is -10.9. The maximum Gasteiger partial charge on any atom is 0.481 e. The van der Waals surface area contributed by atoms with Crippen molar-refractivity contribution in [1.29, 1.82) is 0 Å². The first-order chi connectivity index (χ1) is 35.1. The van der Waals surface area contributed by atoms with E-state index < -0.39 is 83.7 Å². The number of rotatable bonds is 42. The molecule has 1 aromatic heterocycles. The Balaban J connectivity index is 1.41. The fourth-order valence-corrected chi connectivity index (χ4v) is 9.84. The molecule has 0 spiro atoms. The Morgan fingerprint density at radius 1 is 0.671 bits per heavy atom. The minimum Gasteiger partial charge on any atom is -0.462 e. The zero-order valence-corrected chi connectivity index (χ0v) is 44.9. The normalized spacial score (nSPS) is 22.2. The number of phosphoric acid groups is 2. The number of esters is 2. The van der Waals surface area contributed by atoms with Crippen molar-refractivity contribution in [1.82, 2.24) is 9.55 Å². The summed E-state index contributed by atoms with van der Waals surface area (Å²) >= 11 is 0. The number of epoxide rings is 1. The van der Waals surface area contributed by atoms with Gasteiger partial charge in [-0.25, -0.2) is 13.9 Å². The largest absolute Gasteiger partial charge is 0.481 e. The van der Waals surface area contributed by atoms with Crippen LogP contribution in [-0.2, 0) is 51.0 Å². The van der Waals surface area contributed by atoms with Crippen molar-refractivity contribution in [2.75, 3.05) is 25.6 Å². The second kappa shape index (κ2) is 37.2. The number of hydrogen-bond acceptors (Lipinski definition) is 16. The van der Waals surface area contributed by atoms with Crippen molar-refractivity contribution in [3.05, 3.63) is 83.5 Å². The van der Waals surface area contributed by atoms with Gasteiger partial charge in [-0.2, -0.15) is 9.29 Å². The number of allylic oxidation sites excluding steroid dienone is 8. The lowest BCUT2D eigenvalue weighted by molar-refractivity contribution is -0.161. The molecule has 0 aromatic carbocycles. The molecule has 6 N–H and O–H groups in total. The van der Waals surface area contributed by atoms with Crippen LogP contribution in [0.2, 0.25) is 0 Å². The number of phosphoric ester groups is 2. The quantitative estimate of drug-likeness (QED) is 0.0134. The molecule has 414 valence electrons. The van der Waals surface area contributed by atoms with Crippen LogP contribution in [0.15, 0.2) is 77.8 Å². The summed E-state index contributed by atoms with van der Waals surface area (Å²) in [5.41, 5.74) is 4.59. The van der Waals surface area contributed by atoms with Gasteiger partial charge < -0.3 is 44.7 Å². The molecule has 0 saturated carbocycles. The lowest BCUT2D eigenvalue weighted by Gasteiger charge is -2.21. The molecule has 3 heterocycles. The molecule has 3 rings (SSSR count). The summed E-state index contributed by atoms with van der Waals surface area (Å²) in [4.78, 5) is 62.0. The number of aromatic nitrogens is 2. The Morgan fingerprint density at radius 3 is 1.81 bits per heavy atom. The van der Waals surface area contributed by atoms with Gasteiger partial charge in [0.25, 0.3) is 0 Å². The van der Waals surface area contributed by atoms with E-state index in [1.165, 1.54) is 44.6 Å². The third-order valence-electron chi connectivity index (χ3n) is 12.0. The first kappa shape index (κ1) is 63.7. The lowest BCUT2D eigenvalue weighted by Crippen LogP contribution is -2.36. The highest BCUT2D eigenvalue weighted by atomic mass is 31.3. The average molecular weight is 1070 g/mol. The van der Waals surface area contributed by atoms with Crippen molar-refractivity contribution >= 4 is 33.4 Å². The van der Waals surface area contributed by atoms with Crippen LogP contribution >= 0.6 is 15.6 Å². The summed E-state index contributed by atoms with van der Waals surface area (Å²) in [6.07, 6.45) is 37.5. The molecule has 2 saturated heterocycles. The summed E-state index contributed by atoms with van der Waals surface area (Å²) in [6.45, 7) is 2.03. The lowest BCUT2D eigenvalue weighted by atomic mass is 10.1. The number of aliphatic hydroxyl groups excluding tert-OH is 2. The Morgan fingerprint density at radius 2 is 1.19 bits per heavy atom. The number of nitrogens with two attached hydrogens (primary N) is 1. The molecular formula is C52H85N3O16P2. The van der Waals surface area contributed by atoms with Gasteiger partial charge in [0, 0.05) is 19.0 Å². The molecule has 0 aliphatic carbocycles. The van der Waals surface area contributed by atoms with E-state index in [0.29, 0.717) is 19.3 Å². The highest BCUT2D eigenvalue weighted by Crippen LogP contribution is 2.60. The van der Waals surface area contributed by atoms with Crippen LogP contribution in [0.25, 0.3) is 0 Å². The van der Waals surface area contributed by atoms with Crippen LogP contribution in [0.4, 0.5) is 5.82 Å². The van der Waals surface area contributed by atoms with Gasteiger partial charge in [-0.05, 0) is 89.5 Å². The number of carbonyl (C=O) groups excluding carboxylic acids is 2. The topological polar surface area (TPSA) is 278 Å². The molecule has 9 atom stereocenters. The minimum absolute atomic E-state index is 0.0237. The third-order valence-corrected chi connectivity index (χ3v) is 14.6. The summed E-state index contributed by atoms with van der Waals surface area (Å²) in [6, 6.07) is 1.24. The second-order valence-electron chi connectivity index (χ2n) is 18.4. The summed E-state index contributed by atoms with van der Waals surface area (Å²) in [5, 5.41) is 20.9. The molecule has 19 nitrogen and oxygen atoms in total. The molecule has 2 fully saturated rings. The first-order valence-electron chi connectivity index (χ1n) is 26.4. The molecule has 73 heavy (non-hydrogen) atoms. The number of ether oxygens (including phenoxy) is 4. The van der Waals surface area contributed by atoms with Gasteiger partial charge in [0.15, 0.2) is 12.3 Å². The van der Waals surface area contributed by atoms with Crippen molar-refractivity contribution in [2.24, 2.45) is 0 Å². The Kier molecular flexibility index (Phi) is 32.5. The number of aliphatic hydroxyl groups is 2. The zero-order chi connectivity index (χ0) is 53.2. The Labute approximate surface area is 432 Å². The third kappa shape index (κ3) is 29.3. The molecule has 0 amide bonds. The standard InChI is InChI=1S/C52H85N3O16P2/c1-3-5-7-9-11-13-14-15-16-17-18-19-20-22-24-26-32-36-48(57)68-42(39-65-47(56)35-31-28-27-30-34-44-43(69-44)33-29-25-23-21-12-10-8-6-4-2)40-66-72(61,62)71-73(63,64)67-41-45-49(58)50(59)51(70-45)55-38-37-46(53)54-52(55)60/h11-13,15-16,21,25,27,29-30,37-38,42-45,49-51,58-59H,3-10,14,17-20,22-24,26,28,31-36,39-41H2,1-2H3,(H,61,62)(H,63,64)(H2,53,54,60)/b13-11-,16-15-,21-12-,29-25-,30-27-/t42-,43?,44?,45-,49-,50-,51-/m1/s1. The van der Waals surface area contributed by atoms with Gasteiger partial charge in [-0.1, -0.05) is 132 Å². The molecule has 4 unspecified atom stereocenters. The monoisotopic (exact) mass is 1070 g/mol. The first-order valence-corrected chi connectivity index (χ1v) is 29.4. The van der Waals surface area contributed by atoms with Crippen LogP contribution in [0, 0.1) is 0 Å². The van der Waals surface area contributed by atoms with Crippen molar-refractivity contribution in [2.45, 2.75) is 211 Å². The molecule has 2 aliphatic rings. The molecule has 0 bridgehead atoms. The maximum absolute atomic E-state index is 12.9. The van der Waals surface area contributed by atoms with E-state index in [0.717, 1.165) is 94.2 Å². The highest BCUT2D eigenvalue weighted by Gasteiger charge is 2.46. The molecule has 0 radical (unpaired) electrons. The number of nitrogen functional groups attached to an aromatic ring is 1. The predicted molar refractivity (Wildman–Crippen MR) is 279 cm³/mol. The SMILES string of the molecule is CCCCC/C=C\C/C=C\CCCCCCCCCC(=O)O[C@H](COC(=O)CCC/C=C\CC1OC1C/C=C\C/C=C\CCCCC)COP(=O)(O)OP(=O)(O)OC[C@H]1O[C@@H](n2ccc(N)nc2=O)[C@H](O)[C@@H]1O. The summed E-state index contributed by atoms with van der Waals surface area (Å²) < 4.78 is 62.6. The van der Waals surface area contributed by atoms with E-state index in [1.54, 1.807) is 0 Å². The van der Waals surface area contributed by atoms with Gasteiger partial charge >= 0.3 is 33.3 Å². The number of unbranched alkanes of at least 4 members (excludes halogenated alkanes) is 14. The number of anilines is 1. The predicted octanol–water partition coefficient (Wildman–Crippen LogP) is 10.1.